The van der Waals surface area contributed by atoms with E-state index in [-0.39, 0.29) is 5.75 Å². The van der Waals surface area contributed by atoms with Crippen molar-refractivity contribution in [3.63, 3.8) is 0 Å². The molecule has 0 aliphatic heterocycles. The molecule has 92 valence electrons. The van der Waals surface area contributed by atoms with Crippen LogP contribution in [0.4, 0.5) is 0 Å². The van der Waals surface area contributed by atoms with Gasteiger partial charge in [0.05, 0.1) is 10.2 Å². The van der Waals surface area contributed by atoms with Crippen LogP contribution in [0.15, 0.2) is 17.2 Å². The van der Waals surface area contributed by atoms with Crippen LogP contribution in [0.25, 0.3) is 10.2 Å². The first-order valence-corrected chi connectivity index (χ1v) is 6.62. The van der Waals surface area contributed by atoms with Crippen LogP contribution in [0.2, 0.25) is 0 Å². The highest BCUT2D eigenvalue weighted by atomic mass is 32.3. The second-order valence-corrected chi connectivity index (χ2v) is 5.28. The van der Waals surface area contributed by atoms with Crippen molar-refractivity contribution in [1.82, 2.24) is 4.98 Å². The monoisotopic (exact) mass is 275 g/mol. The Bertz CT molecular complexity index is 729. The molecule has 0 atom stereocenters. The highest BCUT2D eigenvalue weighted by molar-refractivity contribution is 7.81. The Kier molecular flexibility index (Phi) is 2.81. The number of aromatic nitrogens is 1. The van der Waals surface area contributed by atoms with Crippen molar-refractivity contribution in [3.05, 3.63) is 22.5 Å². The predicted molar refractivity (Wildman–Crippen MR) is 62.8 cm³/mol. The second kappa shape index (κ2) is 4.02. The summed E-state index contributed by atoms with van der Waals surface area (Å²) in [5.74, 6) is 5.17. The Morgan fingerprint density at radius 1 is 1.53 bits per heavy atom. The van der Waals surface area contributed by atoms with Crippen molar-refractivity contribution in [1.29, 1.82) is 0 Å². The zero-order valence-electron chi connectivity index (χ0n) is 8.67. The van der Waals surface area contributed by atoms with Crippen molar-refractivity contribution in [2.24, 2.45) is 10.9 Å². The van der Waals surface area contributed by atoms with Gasteiger partial charge in [0.25, 0.3) is 0 Å². The Labute approximate surface area is 100 Å². The number of rotatable bonds is 2. The summed E-state index contributed by atoms with van der Waals surface area (Å²) in [6.07, 6.45) is 0. The third kappa shape index (κ3) is 2.40. The fourth-order valence-electron chi connectivity index (χ4n) is 1.39. The van der Waals surface area contributed by atoms with Gasteiger partial charge in [-0.15, -0.1) is 0 Å². The first kappa shape index (κ1) is 11.9. The van der Waals surface area contributed by atoms with Crippen molar-refractivity contribution in [2.45, 2.75) is 6.92 Å². The van der Waals surface area contributed by atoms with E-state index >= 15 is 0 Å². The lowest BCUT2D eigenvalue weighted by atomic mass is 10.2. The lowest BCUT2D eigenvalue weighted by molar-refractivity contribution is 0.388. The van der Waals surface area contributed by atoms with Gasteiger partial charge in [-0.25, -0.2) is 0 Å². The molecule has 0 fully saturated rings. The zero-order valence-corrected chi connectivity index (χ0v) is 10.3. The maximum Gasteiger partial charge on any atom is 0.446 e. The lowest BCUT2D eigenvalue weighted by Crippen LogP contribution is -2.06. The Balaban J connectivity index is 2.73. The molecule has 2 aromatic rings. The van der Waals surface area contributed by atoms with Crippen LogP contribution in [-0.2, 0) is 10.4 Å². The van der Waals surface area contributed by atoms with Gasteiger partial charge in [0, 0.05) is 0 Å². The smallest absolute Gasteiger partial charge is 0.360 e. The van der Waals surface area contributed by atoms with Gasteiger partial charge in [-0.3, -0.25) is 4.55 Å². The molecular formula is C8H9N3O4S2. The van der Waals surface area contributed by atoms with Gasteiger partial charge in [0.1, 0.15) is 0 Å². The van der Waals surface area contributed by atoms with E-state index in [0.717, 1.165) is 16.9 Å². The number of aromatic amines is 1. The summed E-state index contributed by atoms with van der Waals surface area (Å²) in [7, 11) is -4.55. The summed E-state index contributed by atoms with van der Waals surface area (Å²) in [4.78, 5) is 3.34. The first-order valence-electron chi connectivity index (χ1n) is 4.44. The van der Waals surface area contributed by atoms with Gasteiger partial charge in [-0.05, 0) is 18.6 Å². The average Bonchev–Trinajstić information content (AvgIpc) is 2.65. The molecule has 0 aliphatic carbocycles. The molecule has 0 unspecified atom stereocenters. The maximum absolute atomic E-state index is 10.7. The molecule has 7 nitrogen and oxygen atoms in total. The molecule has 17 heavy (non-hydrogen) atoms. The molecule has 1 heterocycles. The van der Waals surface area contributed by atoms with Gasteiger partial charge >= 0.3 is 10.4 Å². The quantitative estimate of drug-likeness (QED) is 0.419. The van der Waals surface area contributed by atoms with Gasteiger partial charge in [0.15, 0.2) is 5.75 Å². The molecule has 2 rings (SSSR count). The maximum atomic E-state index is 10.7. The molecule has 0 saturated carbocycles. The number of thiazole rings is 1. The highest BCUT2D eigenvalue weighted by Crippen LogP contribution is 2.29. The standard InChI is InChI=1S/C8H9N3O4S2/c1-4-2-3-5(15-17(12,13)14)7-6(4)10-8(11-9)16-7/h2-3H,9H2,1H3,(H,10,11)(H,12,13,14). The normalized spacial score (nSPS) is 13.2. The van der Waals surface area contributed by atoms with E-state index in [0.29, 0.717) is 15.0 Å². The van der Waals surface area contributed by atoms with Crippen LogP contribution in [0, 0.1) is 6.92 Å². The fourth-order valence-corrected chi connectivity index (χ4v) is 2.73. The topological polar surface area (TPSA) is 118 Å². The van der Waals surface area contributed by atoms with E-state index in [1.165, 1.54) is 6.07 Å². The molecule has 0 aliphatic rings. The molecular weight excluding hydrogens is 266 g/mol. The minimum Gasteiger partial charge on any atom is -0.360 e. The first-order chi connectivity index (χ1) is 7.90. The van der Waals surface area contributed by atoms with E-state index in [1.807, 2.05) is 6.92 Å². The highest BCUT2D eigenvalue weighted by Gasteiger charge is 2.13. The number of aryl methyl sites for hydroxylation is 1. The molecule has 9 heteroatoms. The summed E-state index contributed by atoms with van der Waals surface area (Å²) >= 11 is 1.13. The van der Waals surface area contributed by atoms with Crippen LogP contribution in [-0.4, -0.2) is 18.0 Å². The minimum atomic E-state index is -4.55. The lowest BCUT2D eigenvalue weighted by Gasteiger charge is -2.03. The summed E-state index contributed by atoms with van der Waals surface area (Å²) in [6.45, 7) is 1.84. The van der Waals surface area contributed by atoms with Crippen LogP contribution < -0.4 is 14.8 Å². The molecule has 0 spiro atoms. The van der Waals surface area contributed by atoms with E-state index in [2.05, 4.69) is 14.3 Å². The summed E-state index contributed by atoms with van der Waals surface area (Å²) < 4.78 is 35.0. The Morgan fingerprint density at radius 2 is 2.24 bits per heavy atom. The van der Waals surface area contributed by atoms with Crippen molar-refractivity contribution in [2.75, 3.05) is 0 Å². The number of fused-ring (bicyclic) bond motifs is 1. The van der Waals surface area contributed by atoms with E-state index in [9.17, 15) is 8.42 Å². The van der Waals surface area contributed by atoms with Gasteiger partial charge < -0.3 is 15.0 Å². The number of nitrogens with zero attached hydrogens (tertiary/aromatic N) is 1. The Morgan fingerprint density at radius 3 is 2.82 bits per heavy atom. The van der Waals surface area contributed by atoms with E-state index in [1.54, 1.807) is 6.07 Å². The minimum absolute atomic E-state index is 0.0317. The molecule has 4 N–H and O–H groups in total. The average molecular weight is 275 g/mol. The molecule has 1 aromatic heterocycles. The molecule has 0 saturated heterocycles. The van der Waals surface area contributed by atoms with Crippen molar-refractivity contribution < 1.29 is 17.2 Å². The number of hydrogen-bond donors (Lipinski definition) is 3. The van der Waals surface area contributed by atoms with E-state index < -0.39 is 10.4 Å². The van der Waals surface area contributed by atoms with Crippen molar-refractivity contribution >= 4 is 32.0 Å². The number of benzene rings is 1. The van der Waals surface area contributed by atoms with Crippen LogP contribution in [0.5, 0.6) is 5.75 Å². The number of hydrogen-bond acceptors (Lipinski definition) is 6. The van der Waals surface area contributed by atoms with Crippen LogP contribution in [0.3, 0.4) is 0 Å². The summed E-state index contributed by atoms with van der Waals surface area (Å²) in [6, 6.07) is 3.11. The van der Waals surface area contributed by atoms with Gasteiger partial charge in [-0.2, -0.15) is 13.5 Å². The second-order valence-electron chi connectivity index (χ2n) is 3.26. The fraction of sp³-hybridized carbons (Fsp3) is 0.125. The Hall–Kier alpha value is -1.58. The number of nitrogens with two attached hydrogens (primary N) is 1. The van der Waals surface area contributed by atoms with Gasteiger partial charge in [-0.1, -0.05) is 17.4 Å². The number of nitrogens with one attached hydrogen (secondary N) is 1. The largest absolute Gasteiger partial charge is 0.446 e. The van der Waals surface area contributed by atoms with E-state index in [4.69, 9.17) is 10.4 Å². The van der Waals surface area contributed by atoms with Crippen molar-refractivity contribution in [3.8, 4) is 5.75 Å². The third-order valence-electron chi connectivity index (χ3n) is 2.07. The predicted octanol–water partition coefficient (Wildman–Crippen LogP) is 0.494. The van der Waals surface area contributed by atoms with Gasteiger partial charge in [0.2, 0.25) is 4.80 Å². The molecule has 0 radical (unpaired) electrons. The van der Waals surface area contributed by atoms with Crippen LogP contribution in [0.1, 0.15) is 5.56 Å². The van der Waals surface area contributed by atoms with Crippen LogP contribution >= 0.6 is 11.3 Å². The molecule has 1 aromatic carbocycles. The molecule has 0 amide bonds. The third-order valence-corrected chi connectivity index (χ3v) is 3.47. The number of H-pyrrole nitrogens is 1. The SMILES string of the molecule is Cc1ccc(OS(=O)(=O)O)c2sc(=NN)[nH]c12. The summed E-state index contributed by atoms with van der Waals surface area (Å²) in [5, 5.41) is 3.48. The molecule has 0 bridgehead atoms. The zero-order chi connectivity index (χ0) is 12.6. The summed E-state index contributed by atoms with van der Waals surface area (Å²) in [5.41, 5.74) is 1.55.